The highest BCUT2D eigenvalue weighted by atomic mass is 35.5. The van der Waals surface area contributed by atoms with Crippen molar-refractivity contribution >= 4 is 17.5 Å². The van der Waals surface area contributed by atoms with Gasteiger partial charge in [-0.3, -0.25) is 14.2 Å². The second kappa shape index (κ2) is 6.52. The Hall–Kier alpha value is -1.82. The molecule has 7 heteroatoms. The van der Waals surface area contributed by atoms with Crippen molar-refractivity contribution in [2.75, 3.05) is 7.05 Å². The quantitative estimate of drug-likeness (QED) is 0.848. The normalized spacial score (nSPS) is 11.0. The first-order chi connectivity index (χ1) is 10.3. The minimum absolute atomic E-state index is 0.0759. The summed E-state index contributed by atoms with van der Waals surface area (Å²) in [5.41, 5.74) is 3.83. The molecule has 1 amide bonds. The van der Waals surface area contributed by atoms with Gasteiger partial charge in [0.2, 0.25) is 5.91 Å². The third-order valence-corrected chi connectivity index (χ3v) is 4.55. The average Bonchev–Trinajstić information content (AvgIpc) is 2.92. The number of hydrogen-bond donors (Lipinski definition) is 0. The molecule has 0 bridgehead atoms. The number of carbonyl (C=O) groups excluding carboxylic acids is 1. The van der Waals surface area contributed by atoms with E-state index in [0.29, 0.717) is 24.5 Å². The Morgan fingerprint density at radius 3 is 2.50 bits per heavy atom. The van der Waals surface area contributed by atoms with Gasteiger partial charge in [-0.15, -0.1) is 0 Å². The molecule has 0 saturated carbocycles. The summed E-state index contributed by atoms with van der Waals surface area (Å²) in [5.74, 6) is 0.0759. The molecule has 0 saturated heterocycles. The van der Waals surface area contributed by atoms with Crippen LogP contribution < -0.4 is 0 Å². The van der Waals surface area contributed by atoms with Crippen molar-refractivity contribution < 1.29 is 4.79 Å². The summed E-state index contributed by atoms with van der Waals surface area (Å²) in [6.07, 6.45) is 2.20. The van der Waals surface area contributed by atoms with Gasteiger partial charge in [0.1, 0.15) is 0 Å². The monoisotopic (exact) mass is 323 g/mol. The van der Waals surface area contributed by atoms with E-state index in [1.54, 1.807) is 15.8 Å². The number of aryl methyl sites for hydroxylation is 3. The molecule has 0 N–H and O–H groups in total. The van der Waals surface area contributed by atoms with Crippen molar-refractivity contribution in [2.45, 2.75) is 40.3 Å². The Morgan fingerprint density at radius 2 is 2.00 bits per heavy atom. The molecule has 0 atom stereocenters. The maximum atomic E-state index is 12.3. The first-order valence-electron chi connectivity index (χ1n) is 7.22. The maximum absolute atomic E-state index is 12.3. The lowest BCUT2D eigenvalue weighted by atomic mass is 10.2. The van der Waals surface area contributed by atoms with E-state index in [2.05, 4.69) is 10.2 Å². The van der Waals surface area contributed by atoms with Crippen molar-refractivity contribution in [3.05, 3.63) is 33.9 Å². The van der Waals surface area contributed by atoms with E-state index in [4.69, 9.17) is 11.6 Å². The van der Waals surface area contributed by atoms with E-state index in [0.717, 1.165) is 22.6 Å². The number of halogens is 1. The molecule has 6 nitrogen and oxygen atoms in total. The van der Waals surface area contributed by atoms with Crippen LogP contribution in [0.3, 0.4) is 0 Å². The van der Waals surface area contributed by atoms with Gasteiger partial charge in [-0.05, 0) is 20.8 Å². The van der Waals surface area contributed by atoms with Gasteiger partial charge >= 0.3 is 0 Å². The molecule has 0 spiro atoms. The number of amides is 1. The molecule has 2 aromatic rings. The third-order valence-electron chi connectivity index (χ3n) is 4.00. The van der Waals surface area contributed by atoms with Crippen molar-refractivity contribution in [3.8, 4) is 0 Å². The molecule has 0 unspecified atom stereocenters. The molecule has 0 aliphatic rings. The van der Waals surface area contributed by atoms with Crippen LogP contribution in [0.25, 0.3) is 0 Å². The standard InChI is InChI=1S/C15H22ClN5O/c1-10-15(16)12(3)21(18-10)7-6-14(22)19(4)9-13-8-17-20(5)11(13)2/h8H,6-7,9H2,1-5H3. The zero-order valence-electron chi connectivity index (χ0n) is 13.7. The van der Waals surface area contributed by atoms with Gasteiger partial charge < -0.3 is 4.90 Å². The molecule has 120 valence electrons. The van der Waals surface area contributed by atoms with Gasteiger partial charge in [0.15, 0.2) is 0 Å². The number of rotatable bonds is 5. The smallest absolute Gasteiger partial charge is 0.224 e. The van der Waals surface area contributed by atoms with E-state index < -0.39 is 0 Å². The molecule has 2 rings (SSSR count). The highest BCUT2D eigenvalue weighted by molar-refractivity contribution is 6.31. The van der Waals surface area contributed by atoms with Gasteiger partial charge in [0.25, 0.3) is 0 Å². The van der Waals surface area contributed by atoms with Gasteiger partial charge in [0, 0.05) is 38.3 Å². The first-order valence-corrected chi connectivity index (χ1v) is 7.60. The summed E-state index contributed by atoms with van der Waals surface area (Å²) in [5, 5.41) is 9.21. The van der Waals surface area contributed by atoms with E-state index >= 15 is 0 Å². The largest absolute Gasteiger partial charge is 0.341 e. The Morgan fingerprint density at radius 1 is 1.32 bits per heavy atom. The maximum Gasteiger partial charge on any atom is 0.224 e. The van der Waals surface area contributed by atoms with E-state index in [1.165, 1.54) is 0 Å². The predicted molar refractivity (Wildman–Crippen MR) is 85.7 cm³/mol. The fraction of sp³-hybridized carbons (Fsp3) is 0.533. The average molecular weight is 324 g/mol. The van der Waals surface area contributed by atoms with Gasteiger partial charge in [-0.2, -0.15) is 10.2 Å². The molecule has 0 fully saturated rings. The van der Waals surface area contributed by atoms with Crippen LogP contribution in [0.1, 0.15) is 29.1 Å². The van der Waals surface area contributed by atoms with Gasteiger partial charge in [0.05, 0.1) is 29.2 Å². The van der Waals surface area contributed by atoms with Crippen LogP contribution >= 0.6 is 11.6 Å². The molecular weight excluding hydrogens is 302 g/mol. The Kier molecular flexibility index (Phi) is 4.90. The first kappa shape index (κ1) is 16.5. The van der Waals surface area contributed by atoms with Crippen molar-refractivity contribution in [1.82, 2.24) is 24.5 Å². The minimum Gasteiger partial charge on any atom is -0.341 e. The lowest BCUT2D eigenvalue weighted by molar-refractivity contribution is -0.130. The van der Waals surface area contributed by atoms with E-state index in [9.17, 15) is 4.79 Å². The number of aromatic nitrogens is 4. The molecule has 2 aromatic heterocycles. The van der Waals surface area contributed by atoms with Gasteiger partial charge in [-0.25, -0.2) is 0 Å². The summed E-state index contributed by atoms with van der Waals surface area (Å²) < 4.78 is 3.60. The highest BCUT2D eigenvalue weighted by Crippen LogP contribution is 2.19. The molecule has 0 radical (unpaired) electrons. The molecule has 22 heavy (non-hydrogen) atoms. The van der Waals surface area contributed by atoms with Crippen LogP contribution in [-0.2, 0) is 24.9 Å². The Labute approximate surface area is 135 Å². The summed E-state index contributed by atoms with van der Waals surface area (Å²) in [7, 11) is 3.70. The molecule has 2 heterocycles. The fourth-order valence-corrected chi connectivity index (χ4v) is 2.46. The third kappa shape index (κ3) is 3.32. The zero-order valence-corrected chi connectivity index (χ0v) is 14.5. The van der Waals surface area contributed by atoms with Crippen LogP contribution in [0.4, 0.5) is 0 Å². The second-order valence-electron chi connectivity index (χ2n) is 5.59. The number of carbonyl (C=O) groups is 1. The van der Waals surface area contributed by atoms with E-state index in [1.807, 2.05) is 39.5 Å². The molecule has 0 aromatic carbocycles. The number of nitrogens with zero attached hydrogens (tertiary/aromatic N) is 5. The van der Waals surface area contributed by atoms with E-state index in [-0.39, 0.29) is 5.91 Å². The SMILES string of the molecule is Cc1nn(CCC(=O)N(C)Cc2cnn(C)c2C)c(C)c1Cl. The van der Waals surface area contributed by atoms with Crippen LogP contribution in [0.2, 0.25) is 5.02 Å². The number of hydrogen-bond acceptors (Lipinski definition) is 3. The Balaban J connectivity index is 1.94. The Bertz CT molecular complexity index is 688. The van der Waals surface area contributed by atoms with Crippen LogP contribution in [0.5, 0.6) is 0 Å². The predicted octanol–water partition coefficient (Wildman–Crippen LogP) is 2.24. The van der Waals surface area contributed by atoms with Crippen LogP contribution in [0.15, 0.2) is 6.20 Å². The molecular formula is C15H22ClN5O. The summed E-state index contributed by atoms with van der Waals surface area (Å²) in [6, 6.07) is 0. The van der Waals surface area contributed by atoms with Crippen molar-refractivity contribution in [1.29, 1.82) is 0 Å². The summed E-state index contributed by atoms with van der Waals surface area (Å²) >= 11 is 6.12. The van der Waals surface area contributed by atoms with Crippen molar-refractivity contribution in [2.24, 2.45) is 7.05 Å². The topological polar surface area (TPSA) is 56.0 Å². The van der Waals surface area contributed by atoms with Crippen molar-refractivity contribution in [3.63, 3.8) is 0 Å². The lowest BCUT2D eigenvalue weighted by Crippen LogP contribution is -2.27. The lowest BCUT2D eigenvalue weighted by Gasteiger charge is -2.17. The zero-order chi connectivity index (χ0) is 16.4. The minimum atomic E-state index is 0.0759. The summed E-state index contributed by atoms with van der Waals surface area (Å²) in [4.78, 5) is 14.0. The molecule has 0 aliphatic carbocycles. The van der Waals surface area contributed by atoms with Gasteiger partial charge in [-0.1, -0.05) is 11.6 Å². The van der Waals surface area contributed by atoms with Crippen LogP contribution in [-0.4, -0.2) is 37.4 Å². The second-order valence-corrected chi connectivity index (χ2v) is 5.96. The highest BCUT2D eigenvalue weighted by Gasteiger charge is 2.14. The van der Waals surface area contributed by atoms with Crippen LogP contribution in [0, 0.1) is 20.8 Å². The fourth-order valence-electron chi connectivity index (χ4n) is 2.33. The molecule has 0 aliphatic heterocycles. The summed E-state index contributed by atoms with van der Waals surface area (Å²) in [6.45, 7) is 6.88.